The number of rotatable bonds is 5. The lowest BCUT2D eigenvalue weighted by molar-refractivity contribution is -0.130. The summed E-state index contributed by atoms with van der Waals surface area (Å²) in [5, 5.41) is 8.51. The fourth-order valence-corrected chi connectivity index (χ4v) is 6.09. The summed E-state index contributed by atoms with van der Waals surface area (Å²) in [5.74, 6) is 1.34. The van der Waals surface area contributed by atoms with Crippen LogP contribution in [0, 0.1) is 0 Å². The number of fused-ring (bicyclic) bond motifs is 2. The summed E-state index contributed by atoms with van der Waals surface area (Å²) in [4.78, 5) is 31.2. The van der Waals surface area contributed by atoms with Gasteiger partial charge in [0, 0.05) is 46.9 Å². The van der Waals surface area contributed by atoms with E-state index in [2.05, 4.69) is 39.3 Å². The molecule has 0 saturated heterocycles. The van der Waals surface area contributed by atoms with E-state index in [1.807, 2.05) is 35.2 Å². The second-order valence-electron chi connectivity index (χ2n) is 8.12. The Hall–Kier alpha value is -3.62. The molecule has 1 aliphatic rings. The molecule has 0 fully saturated rings. The molecule has 4 aromatic heterocycles. The quantitative estimate of drug-likeness (QED) is 0.359. The number of carbonyl (C=O) groups is 1. The van der Waals surface area contributed by atoms with Crippen LogP contribution in [0.4, 0.5) is 5.82 Å². The van der Waals surface area contributed by atoms with Crippen LogP contribution in [0.3, 0.4) is 0 Å². The molecule has 1 amide bonds. The highest BCUT2D eigenvalue weighted by molar-refractivity contribution is 7.17. The molecule has 8 heteroatoms. The SMILES string of the molecule is O=C(CNc1nc(-c2cccnc2)nc2scc(-c3ccccc3)c12)N1CCc2sccc2C1. The van der Waals surface area contributed by atoms with Gasteiger partial charge in [-0.2, -0.15) is 0 Å². The number of aromatic nitrogens is 3. The Balaban J connectivity index is 1.34. The van der Waals surface area contributed by atoms with E-state index >= 15 is 0 Å². The smallest absolute Gasteiger partial charge is 0.242 e. The standard InChI is InChI=1S/C26H21N5OS2/c32-22(31-11-8-21-19(15-31)9-12-33-21)14-28-25-23-20(17-5-2-1-3-6-17)16-34-26(23)30-24(29-25)18-7-4-10-27-13-18/h1-7,9-10,12-13,16H,8,11,14-15H2,(H,28,29,30). The van der Waals surface area contributed by atoms with Gasteiger partial charge in [0.2, 0.25) is 5.91 Å². The molecule has 6 rings (SSSR count). The van der Waals surface area contributed by atoms with Crippen LogP contribution in [-0.2, 0) is 17.8 Å². The molecule has 1 N–H and O–H groups in total. The van der Waals surface area contributed by atoms with Gasteiger partial charge in [0.05, 0.1) is 11.9 Å². The number of benzene rings is 1. The normalized spacial score (nSPS) is 13.1. The van der Waals surface area contributed by atoms with E-state index in [1.165, 1.54) is 10.4 Å². The fourth-order valence-electron chi connectivity index (χ4n) is 4.26. The summed E-state index contributed by atoms with van der Waals surface area (Å²) in [5.41, 5.74) is 4.27. The summed E-state index contributed by atoms with van der Waals surface area (Å²) in [6.07, 6.45) is 4.41. The zero-order valence-corrected chi connectivity index (χ0v) is 19.9. The van der Waals surface area contributed by atoms with Gasteiger partial charge in [-0.15, -0.1) is 22.7 Å². The van der Waals surface area contributed by atoms with Crippen LogP contribution in [-0.4, -0.2) is 38.8 Å². The number of nitrogens with zero attached hydrogens (tertiary/aromatic N) is 4. The lowest BCUT2D eigenvalue weighted by atomic mass is 10.1. The van der Waals surface area contributed by atoms with Gasteiger partial charge in [-0.25, -0.2) is 9.97 Å². The third-order valence-corrected chi connectivity index (χ3v) is 7.90. The first-order valence-electron chi connectivity index (χ1n) is 11.1. The second kappa shape index (κ2) is 8.96. The van der Waals surface area contributed by atoms with Crippen molar-refractivity contribution in [3.8, 4) is 22.5 Å². The molecule has 1 aromatic carbocycles. The number of nitrogens with one attached hydrogen (secondary N) is 1. The van der Waals surface area contributed by atoms with Crippen LogP contribution in [0.2, 0.25) is 0 Å². The minimum absolute atomic E-state index is 0.0723. The summed E-state index contributed by atoms with van der Waals surface area (Å²) in [6, 6.07) is 16.2. The Morgan fingerprint density at radius 1 is 1.03 bits per heavy atom. The van der Waals surface area contributed by atoms with E-state index in [0.29, 0.717) is 18.2 Å². The number of carbonyl (C=O) groups excluding carboxylic acids is 1. The molecule has 0 bridgehead atoms. The van der Waals surface area contributed by atoms with E-state index in [9.17, 15) is 4.79 Å². The first kappa shape index (κ1) is 20.9. The molecule has 0 spiro atoms. The lowest BCUT2D eigenvalue weighted by Crippen LogP contribution is -2.38. The summed E-state index contributed by atoms with van der Waals surface area (Å²) in [7, 11) is 0. The third-order valence-electron chi connectivity index (χ3n) is 6.01. The Morgan fingerprint density at radius 2 is 1.91 bits per heavy atom. The van der Waals surface area contributed by atoms with Gasteiger partial charge in [0.1, 0.15) is 10.6 Å². The zero-order valence-electron chi connectivity index (χ0n) is 18.3. The van der Waals surface area contributed by atoms with Crippen molar-refractivity contribution in [2.45, 2.75) is 13.0 Å². The van der Waals surface area contributed by atoms with E-state index < -0.39 is 0 Å². The molecule has 5 aromatic rings. The number of pyridine rings is 1. The predicted molar refractivity (Wildman–Crippen MR) is 138 cm³/mol. The maximum Gasteiger partial charge on any atom is 0.242 e. The molecule has 0 saturated carbocycles. The van der Waals surface area contributed by atoms with Crippen LogP contribution < -0.4 is 5.32 Å². The molecule has 5 heterocycles. The van der Waals surface area contributed by atoms with Crippen molar-refractivity contribution in [3.05, 3.63) is 82.1 Å². The van der Waals surface area contributed by atoms with Crippen LogP contribution in [0.1, 0.15) is 10.4 Å². The van der Waals surface area contributed by atoms with Crippen LogP contribution in [0.15, 0.2) is 71.7 Å². The summed E-state index contributed by atoms with van der Waals surface area (Å²) in [6.45, 7) is 1.61. The molecule has 6 nitrogen and oxygen atoms in total. The maximum absolute atomic E-state index is 13.1. The van der Waals surface area contributed by atoms with E-state index in [4.69, 9.17) is 9.97 Å². The van der Waals surface area contributed by atoms with Gasteiger partial charge in [0.25, 0.3) is 0 Å². The largest absolute Gasteiger partial charge is 0.360 e. The molecule has 0 unspecified atom stereocenters. The van der Waals surface area contributed by atoms with Crippen molar-refractivity contribution in [3.63, 3.8) is 0 Å². The number of amides is 1. The zero-order chi connectivity index (χ0) is 22.9. The van der Waals surface area contributed by atoms with Crippen molar-refractivity contribution in [2.24, 2.45) is 0 Å². The van der Waals surface area contributed by atoms with E-state index in [0.717, 1.165) is 39.9 Å². The highest BCUT2D eigenvalue weighted by Gasteiger charge is 2.22. The fraction of sp³-hybridized carbons (Fsp3) is 0.154. The minimum Gasteiger partial charge on any atom is -0.360 e. The Kier molecular flexibility index (Phi) is 5.52. The lowest BCUT2D eigenvalue weighted by Gasteiger charge is -2.27. The van der Waals surface area contributed by atoms with Crippen molar-refractivity contribution in [2.75, 3.05) is 18.4 Å². The highest BCUT2D eigenvalue weighted by Crippen LogP contribution is 2.38. The highest BCUT2D eigenvalue weighted by atomic mass is 32.1. The first-order chi connectivity index (χ1) is 16.8. The minimum atomic E-state index is 0.0723. The summed E-state index contributed by atoms with van der Waals surface area (Å²) >= 11 is 3.36. The van der Waals surface area contributed by atoms with Crippen molar-refractivity contribution in [1.29, 1.82) is 0 Å². The third kappa shape index (κ3) is 3.95. The molecular formula is C26H21N5OS2. The molecule has 34 heavy (non-hydrogen) atoms. The Labute approximate surface area is 205 Å². The van der Waals surface area contributed by atoms with E-state index in [1.54, 1.807) is 35.1 Å². The molecule has 0 aliphatic carbocycles. The van der Waals surface area contributed by atoms with Gasteiger partial charge in [0.15, 0.2) is 5.82 Å². The molecule has 168 valence electrons. The van der Waals surface area contributed by atoms with Crippen LogP contribution >= 0.6 is 22.7 Å². The van der Waals surface area contributed by atoms with Crippen LogP contribution in [0.5, 0.6) is 0 Å². The molecule has 0 atom stereocenters. The van der Waals surface area contributed by atoms with Crippen molar-refractivity contribution in [1.82, 2.24) is 19.9 Å². The average Bonchev–Trinajstić information content (AvgIpc) is 3.55. The van der Waals surface area contributed by atoms with Gasteiger partial charge in [-0.1, -0.05) is 30.3 Å². The summed E-state index contributed by atoms with van der Waals surface area (Å²) < 4.78 is 0. The molecule has 0 radical (unpaired) electrons. The predicted octanol–water partition coefficient (Wildman–Crippen LogP) is 5.48. The molecular weight excluding hydrogens is 462 g/mol. The number of hydrogen-bond donors (Lipinski definition) is 1. The Morgan fingerprint density at radius 3 is 2.76 bits per heavy atom. The van der Waals surface area contributed by atoms with Crippen molar-refractivity contribution < 1.29 is 4.79 Å². The number of thiophene rings is 2. The first-order valence-corrected chi connectivity index (χ1v) is 12.8. The van der Waals surface area contributed by atoms with Gasteiger partial charge in [-0.05, 0) is 41.1 Å². The van der Waals surface area contributed by atoms with Gasteiger partial charge in [-0.3, -0.25) is 9.78 Å². The maximum atomic E-state index is 13.1. The Bertz CT molecular complexity index is 1460. The topological polar surface area (TPSA) is 71.0 Å². The van der Waals surface area contributed by atoms with Gasteiger partial charge < -0.3 is 10.2 Å². The monoisotopic (exact) mass is 483 g/mol. The number of anilines is 1. The van der Waals surface area contributed by atoms with E-state index in [-0.39, 0.29) is 12.5 Å². The van der Waals surface area contributed by atoms with Gasteiger partial charge >= 0.3 is 0 Å². The molecule has 1 aliphatic heterocycles. The average molecular weight is 484 g/mol. The number of hydrogen-bond acceptors (Lipinski definition) is 7. The van der Waals surface area contributed by atoms with Crippen LogP contribution in [0.25, 0.3) is 32.7 Å². The van der Waals surface area contributed by atoms with Crippen molar-refractivity contribution >= 4 is 44.6 Å². The second-order valence-corrected chi connectivity index (χ2v) is 9.98.